The van der Waals surface area contributed by atoms with Gasteiger partial charge in [0.15, 0.2) is 11.9 Å². The quantitative estimate of drug-likeness (QED) is 0.205. The number of aromatic nitrogens is 3. The van der Waals surface area contributed by atoms with Crippen molar-refractivity contribution in [3.05, 3.63) is 64.7 Å². The predicted molar refractivity (Wildman–Crippen MR) is 176 cm³/mol. The van der Waals surface area contributed by atoms with E-state index >= 15 is 0 Å². The third kappa shape index (κ3) is 5.26. The second-order valence-corrected chi connectivity index (χ2v) is 14.3. The topological polar surface area (TPSA) is 89.7 Å². The van der Waals surface area contributed by atoms with E-state index in [1.807, 2.05) is 69.8 Å². The molecule has 228 valence electrons. The van der Waals surface area contributed by atoms with Crippen LogP contribution in [0.3, 0.4) is 0 Å². The monoisotopic (exact) mass is 630 g/mol. The van der Waals surface area contributed by atoms with E-state index in [0.717, 1.165) is 80.1 Å². The zero-order chi connectivity index (χ0) is 30.9. The Morgan fingerprint density at radius 3 is 2.43 bits per heavy atom. The van der Waals surface area contributed by atoms with E-state index in [0.29, 0.717) is 10.6 Å². The molecule has 7 rings (SSSR count). The van der Waals surface area contributed by atoms with Gasteiger partial charge in [-0.3, -0.25) is 4.68 Å². The highest BCUT2D eigenvalue weighted by atomic mass is 35.5. The fraction of sp³-hybridized carbons (Fsp3) is 0.382. The fourth-order valence-corrected chi connectivity index (χ4v) is 7.81. The highest BCUT2D eigenvalue weighted by molar-refractivity contribution is 7.22. The van der Waals surface area contributed by atoms with Crippen LogP contribution in [0, 0.1) is 6.92 Å². The molecular formula is C34H35ClN4O4S. The molecule has 0 radical (unpaired) electrons. The number of carboxylic acid groups (broad SMARTS) is 1. The largest absolute Gasteiger partial charge is 0.479 e. The molecule has 8 nitrogen and oxygen atoms in total. The number of halogens is 1. The Bertz CT molecular complexity index is 1900. The highest BCUT2D eigenvalue weighted by Gasteiger charge is 2.36. The number of morpholine rings is 1. The molecule has 3 aromatic carbocycles. The summed E-state index contributed by atoms with van der Waals surface area (Å²) in [5.74, 6) is -0.0530. The maximum atomic E-state index is 12.7. The number of carboxylic acids is 1. The summed E-state index contributed by atoms with van der Waals surface area (Å²) < 4.78 is 15.1. The molecule has 0 spiro atoms. The number of aliphatic carboxylic acids is 1. The van der Waals surface area contributed by atoms with Gasteiger partial charge in [-0.2, -0.15) is 5.10 Å². The van der Waals surface area contributed by atoms with Crippen molar-refractivity contribution in [2.75, 3.05) is 18.0 Å². The van der Waals surface area contributed by atoms with Crippen LogP contribution in [-0.2, 0) is 21.3 Å². The molecule has 5 aromatic rings. The van der Waals surface area contributed by atoms with Crippen LogP contribution in [0.5, 0.6) is 0 Å². The molecule has 2 unspecified atom stereocenters. The van der Waals surface area contributed by atoms with Gasteiger partial charge in [-0.25, -0.2) is 9.78 Å². The van der Waals surface area contributed by atoms with Crippen molar-refractivity contribution < 1.29 is 19.4 Å². The van der Waals surface area contributed by atoms with Gasteiger partial charge in [-0.1, -0.05) is 23.7 Å². The van der Waals surface area contributed by atoms with Gasteiger partial charge >= 0.3 is 5.97 Å². The number of benzene rings is 3. The van der Waals surface area contributed by atoms with Gasteiger partial charge in [-0.15, -0.1) is 11.3 Å². The Labute approximate surface area is 265 Å². The smallest absolute Gasteiger partial charge is 0.337 e. The lowest BCUT2D eigenvalue weighted by molar-refractivity contribution is -0.160. The van der Waals surface area contributed by atoms with Crippen molar-refractivity contribution in [2.45, 2.75) is 64.4 Å². The molecule has 0 aliphatic carbocycles. The first-order valence-corrected chi connectivity index (χ1v) is 16.1. The van der Waals surface area contributed by atoms with Crippen molar-refractivity contribution in [1.29, 1.82) is 0 Å². The van der Waals surface area contributed by atoms with Gasteiger partial charge in [-0.05, 0) is 88.1 Å². The molecule has 3 atom stereocenters. The highest BCUT2D eigenvalue weighted by Crippen LogP contribution is 2.45. The average molecular weight is 631 g/mol. The minimum Gasteiger partial charge on any atom is -0.479 e. The van der Waals surface area contributed by atoms with Crippen LogP contribution in [0.1, 0.15) is 50.8 Å². The normalized spacial score (nSPS) is 19.3. The summed E-state index contributed by atoms with van der Waals surface area (Å²) in [6.07, 6.45) is 1.57. The lowest BCUT2D eigenvalue weighted by Gasteiger charge is -2.32. The number of nitrogens with zero attached hydrogens (tertiary/aromatic N) is 4. The summed E-state index contributed by atoms with van der Waals surface area (Å²) in [5, 5.41) is 17.9. The van der Waals surface area contributed by atoms with E-state index in [1.165, 1.54) is 0 Å². The average Bonchev–Trinajstić information content (AvgIpc) is 3.65. The minimum atomic E-state index is -1.16. The first-order chi connectivity index (χ1) is 20.9. The van der Waals surface area contributed by atoms with E-state index in [-0.39, 0.29) is 12.2 Å². The van der Waals surface area contributed by atoms with Crippen molar-refractivity contribution in [1.82, 2.24) is 14.8 Å². The molecule has 0 amide bonds. The Morgan fingerprint density at radius 1 is 1.09 bits per heavy atom. The first kappa shape index (κ1) is 29.2. The summed E-state index contributed by atoms with van der Waals surface area (Å²) in [7, 11) is 1.99. The Kier molecular flexibility index (Phi) is 7.20. The second kappa shape index (κ2) is 10.8. The summed E-state index contributed by atoms with van der Waals surface area (Å²) in [6, 6.07) is 15.9. The molecule has 2 bridgehead atoms. The molecule has 2 fully saturated rings. The van der Waals surface area contributed by atoms with E-state index in [9.17, 15) is 9.90 Å². The van der Waals surface area contributed by atoms with Crippen molar-refractivity contribution in [3.63, 3.8) is 0 Å². The number of thiazole rings is 1. The van der Waals surface area contributed by atoms with Crippen LogP contribution in [0.4, 0.5) is 5.82 Å². The molecule has 1 N–H and O–H groups in total. The van der Waals surface area contributed by atoms with Gasteiger partial charge in [0.05, 0.1) is 33.5 Å². The number of hydrogen-bond acceptors (Lipinski definition) is 7. The van der Waals surface area contributed by atoms with Crippen LogP contribution in [0.15, 0.2) is 48.5 Å². The molecular weight excluding hydrogens is 596 g/mol. The molecule has 0 saturated carbocycles. The van der Waals surface area contributed by atoms with Crippen molar-refractivity contribution in [3.8, 4) is 21.7 Å². The number of anilines is 1. The maximum absolute atomic E-state index is 12.7. The third-order valence-corrected chi connectivity index (χ3v) is 9.83. The van der Waals surface area contributed by atoms with Gasteiger partial charge in [0.2, 0.25) is 0 Å². The molecule has 44 heavy (non-hydrogen) atoms. The van der Waals surface area contributed by atoms with E-state index in [4.69, 9.17) is 31.2 Å². The van der Waals surface area contributed by atoms with E-state index in [1.54, 1.807) is 11.3 Å². The van der Waals surface area contributed by atoms with Gasteiger partial charge in [0, 0.05) is 47.2 Å². The number of rotatable bonds is 6. The van der Waals surface area contributed by atoms with Gasteiger partial charge < -0.3 is 19.5 Å². The first-order valence-electron chi connectivity index (χ1n) is 14.9. The standard InChI is InChI=1S/C34H35ClN4O4S/c1-18-14-25-30(28(19-6-9-21(35)10-7-19)27(18)29(33(40)41)43-34(2,3)4)44-32(36-25)20-8-13-26-24(15-20)31(37-38(26)5)39-16-22-11-12-23(17-39)42-22/h6-10,13-15,22-23,29H,11-12,16-17H2,1-5H3,(H,40,41)/t22?,23?,29-/m0/s1. The second-order valence-electron chi connectivity index (χ2n) is 12.8. The number of aryl methyl sites for hydroxylation is 2. The summed E-state index contributed by atoms with van der Waals surface area (Å²) in [5.41, 5.74) is 5.31. The van der Waals surface area contributed by atoms with Crippen LogP contribution in [0.25, 0.3) is 42.8 Å². The van der Waals surface area contributed by atoms with Crippen LogP contribution >= 0.6 is 22.9 Å². The summed E-state index contributed by atoms with van der Waals surface area (Å²) in [6.45, 7) is 9.23. The van der Waals surface area contributed by atoms with Gasteiger partial charge in [0.1, 0.15) is 5.01 Å². The molecule has 2 aliphatic rings. The minimum absolute atomic E-state index is 0.263. The van der Waals surface area contributed by atoms with Gasteiger partial charge in [0.25, 0.3) is 0 Å². The van der Waals surface area contributed by atoms with Crippen LogP contribution in [-0.4, -0.2) is 56.7 Å². The lowest BCUT2D eigenvalue weighted by atomic mass is 9.91. The van der Waals surface area contributed by atoms with Crippen LogP contribution in [0.2, 0.25) is 5.02 Å². The van der Waals surface area contributed by atoms with E-state index in [2.05, 4.69) is 23.1 Å². The predicted octanol–water partition coefficient (Wildman–Crippen LogP) is 7.79. The Morgan fingerprint density at radius 2 is 1.77 bits per heavy atom. The molecule has 2 aromatic heterocycles. The summed E-state index contributed by atoms with van der Waals surface area (Å²) >= 11 is 7.82. The molecule has 2 saturated heterocycles. The SMILES string of the molecule is Cc1cc2nc(-c3ccc4c(c3)c(N3CC5CCC(C3)O5)nn4C)sc2c(-c2ccc(Cl)cc2)c1[C@H](OC(C)(C)C)C(=O)O. The number of fused-ring (bicyclic) bond motifs is 4. The maximum Gasteiger partial charge on any atom is 0.337 e. The molecule has 10 heteroatoms. The summed E-state index contributed by atoms with van der Waals surface area (Å²) in [4.78, 5) is 20.2. The molecule has 2 aliphatic heterocycles. The van der Waals surface area contributed by atoms with E-state index < -0.39 is 17.7 Å². The van der Waals surface area contributed by atoms with Crippen molar-refractivity contribution >= 4 is 55.8 Å². The number of carbonyl (C=O) groups is 1. The lowest BCUT2D eigenvalue weighted by Crippen LogP contribution is -2.43. The number of ether oxygens (including phenoxy) is 2. The zero-order valence-corrected chi connectivity index (χ0v) is 27.0. The fourth-order valence-electron chi connectivity index (χ4n) is 6.56. The third-order valence-electron chi connectivity index (χ3n) is 8.44. The van der Waals surface area contributed by atoms with Crippen LogP contribution < -0.4 is 4.90 Å². The Hall–Kier alpha value is -3.50. The number of hydrogen-bond donors (Lipinski definition) is 1. The zero-order valence-electron chi connectivity index (χ0n) is 25.4. The molecule has 4 heterocycles. The Balaban J connectivity index is 1.39. The van der Waals surface area contributed by atoms with Crippen molar-refractivity contribution in [2.24, 2.45) is 7.05 Å².